The maximum absolute atomic E-state index is 13.9. The smallest absolute Gasteiger partial charge is 0.270 e. The van der Waals surface area contributed by atoms with Crippen LogP contribution in [0.15, 0.2) is 18.1 Å². The van der Waals surface area contributed by atoms with Gasteiger partial charge in [0.05, 0.1) is 12.7 Å². The zero-order chi connectivity index (χ0) is 15.2. The third-order valence-corrected chi connectivity index (χ3v) is 2.83. The average Bonchev–Trinajstić information content (AvgIpc) is 3.13. The van der Waals surface area contributed by atoms with Crippen molar-refractivity contribution < 1.29 is 14.0 Å². The highest BCUT2D eigenvalue weighted by Crippen LogP contribution is 2.06. The van der Waals surface area contributed by atoms with Gasteiger partial charge in [0.1, 0.15) is 17.6 Å². The number of nitrogens with one attached hydrogen (secondary N) is 3. The Morgan fingerprint density at radius 3 is 3.10 bits per heavy atom. The molecular formula is C11H16FN7O2. The monoisotopic (exact) mass is 297 g/mol. The zero-order valence-corrected chi connectivity index (χ0v) is 11.4. The molecular weight excluding hydrogens is 281 g/mol. The lowest BCUT2D eigenvalue weighted by molar-refractivity contribution is -0.117. The number of aromatic nitrogens is 3. The second-order valence-electron chi connectivity index (χ2n) is 4.42. The lowest BCUT2D eigenvalue weighted by atomic mass is 10.2. The highest BCUT2D eigenvalue weighted by atomic mass is 19.1. The van der Waals surface area contributed by atoms with Crippen LogP contribution < -0.4 is 16.3 Å². The largest absolute Gasteiger partial charge is 0.354 e. The summed E-state index contributed by atoms with van der Waals surface area (Å²) < 4.78 is 15.3. The number of nitrogens with zero attached hydrogens (tertiary/aromatic N) is 4. The van der Waals surface area contributed by atoms with Crippen LogP contribution in [0.2, 0.25) is 0 Å². The van der Waals surface area contributed by atoms with Crippen molar-refractivity contribution in [2.45, 2.75) is 19.1 Å². The summed E-state index contributed by atoms with van der Waals surface area (Å²) >= 11 is 0. The quantitative estimate of drug-likeness (QED) is 0.539. The number of hydrogen-bond donors (Lipinski definition) is 3. The van der Waals surface area contributed by atoms with E-state index in [1.807, 2.05) is 0 Å². The molecule has 1 aliphatic rings. The zero-order valence-electron chi connectivity index (χ0n) is 11.4. The van der Waals surface area contributed by atoms with E-state index in [4.69, 9.17) is 0 Å². The van der Waals surface area contributed by atoms with Gasteiger partial charge in [0.15, 0.2) is 6.29 Å². The molecule has 1 amide bonds. The van der Waals surface area contributed by atoms with E-state index < -0.39 is 6.17 Å². The van der Waals surface area contributed by atoms with E-state index in [2.05, 4.69) is 26.6 Å². The molecule has 1 aromatic heterocycles. The van der Waals surface area contributed by atoms with Crippen LogP contribution in [0, 0.1) is 0 Å². The van der Waals surface area contributed by atoms with E-state index >= 15 is 0 Å². The molecule has 1 aromatic rings. The fourth-order valence-electron chi connectivity index (χ4n) is 1.75. The Morgan fingerprint density at radius 2 is 2.43 bits per heavy atom. The van der Waals surface area contributed by atoms with Gasteiger partial charge in [0, 0.05) is 26.2 Å². The summed E-state index contributed by atoms with van der Waals surface area (Å²) in [7, 11) is 1.51. The van der Waals surface area contributed by atoms with Gasteiger partial charge in [-0.05, 0) is 0 Å². The van der Waals surface area contributed by atoms with Crippen LogP contribution in [0.4, 0.5) is 4.39 Å². The van der Waals surface area contributed by atoms with E-state index in [1.165, 1.54) is 29.1 Å². The second-order valence-corrected chi connectivity index (χ2v) is 4.42. The average molecular weight is 297 g/mol. The predicted molar refractivity (Wildman–Crippen MR) is 70.0 cm³/mol. The maximum atomic E-state index is 13.9. The molecule has 2 heterocycles. The first-order chi connectivity index (χ1) is 10.1. The first-order valence-corrected chi connectivity index (χ1v) is 6.34. The van der Waals surface area contributed by atoms with Crippen molar-refractivity contribution in [1.82, 2.24) is 36.3 Å². The van der Waals surface area contributed by atoms with Gasteiger partial charge in [-0.15, -0.1) is 10.6 Å². The number of hydrogen-bond acceptors (Lipinski definition) is 7. The fourth-order valence-corrected chi connectivity index (χ4v) is 1.75. The molecule has 0 fully saturated rings. The number of aldehydes is 1. The molecule has 114 valence electrons. The van der Waals surface area contributed by atoms with Gasteiger partial charge in [-0.25, -0.2) is 4.39 Å². The van der Waals surface area contributed by atoms with Crippen LogP contribution in [-0.2, 0) is 11.3 Å². The number of amides is 1. The Bertz CT molecular complexity index is 544. The van der Waals surface area contributed by atoms with E-state index in [9.17, 15) is 14.0 Å². The molecule has 9 nitrogen and oxygen atoms in total. The standard InChI is InChI=1S/C11H16FN7O2/c1-13-11(21)10-6-19(17-15-10)4-8(12)2-3-18-5-9(7-20)14-16-18/h5-8,15,17H,2-4H2,1H3,(H,13,21). The number of rotatable bonds is 7. The first-order valence-electron chi connectivity index (χ1n) is 6.34. The Hall–Kier alpha value is -2.49. The van der Waals surface area contributed by atoms with Gasteiger partial charge in [-0.3, -0.25) is 24.7 Å². The summed E-state index contributed by atoms with van der Waals surface area (Å²) in [5.74, 6) is -0.288. The van der Waals surface area contributed by atoms with Crippen LogP contribution in [0.3, 0.4) is 0 Å². The van der Waals surface area contributed by atoms with E-state index in [0.29, 0.717) is 18.5 Å². The van der Waals surface area contributed by atoms with Gasteiger partial charge in [0.2, 0.25) is 0 Å². The molecule has 0 saturated carbocycles. The molecule has 0 radical (unpaired) electrons. The molecule has 0 aromatic carbocycles. The summed E-state index contributed by atoms with van der Waals surface area (Å²) in [6, 6.07) is 0. The minimum absolute atomic E-state index is 0.0722. The van der Waals surface area contributed by atoms with Crippen molar-refractivity contribution in [1.29, 1.82) is 0 Å². The predicted octanol–water partition coefficient (Wildman–Crippen LogP) is -1.27. The van der Waals surface area contributed by atoms with Gasteiger partial charge in [-0.1, -0.05) is 5.21 Å². The van der Waals surface area contributed by atoms with Crippen molar-refractivity contribution in [2.75, 3.05) is 13.6 Å². The van der Waals surface area contributed by atoms with Crippen LogP contribution in [0.1, 0.15) is 16.9 Å². The highest BCUT2D eigenvalue weighted by molar-refractivity contribution is 5.92. The van der Waals surface area contributed by atoms with Crippen LogP contribution in [0.5, 0.6) is 0 Å². The summed E-state index contributed by atoms with van der Waals surface area (Å²) in [4.78, 5) is 21.8. The number of hydrazine groups is 2. The number of likely N-dealkylation sites (N-methyl/N-ethyl adjacent to an activating group) is 1. The second kappa shape index (κ2) is 6.79. The molecule has 21 heavy (non-hydrogen) atoms. The maximum Gasteiger partial charge on any atom is 0.270 e. The minimum Gasteiger partial charge on any atom is -0.354 e. The Kier molecular flexibility index (Phi) is 4.82. The summed E-state index contributed by atoms with van der Waals surface area (Å²) in [6.07, 6.45) is 2.61. The van der Waals surface area contributed by atoms with E-state index in [-0.39, 0.29) is 24.6 Å². The van der Waals surface area contributed by atoms with Crippen molar-refractivity contribution in [2.24, 2.45) is 0 Å². The minimum atomic E-state index is -1.14. The number of carbonyl (C=O) groups is 2. The third-order valence-electron chi connectivity index (χ3n) is 2.83. The molecule has 1 unspecified atom stereocenters. The molecule has 0 saturated heterocycles. The molecule has 0 aliphatic carbocycles. The van der Waals surface area contributed by atoms with Crippen molar-refractivity contribution in [3.05, 3.63) is 23.8 Å². The number of alkyl halides is 1. The van der Waals surface area contributed by atoms with Crippen molar-refractivity contribution in [3.63, 3.8) is 0 Å². The molecule has 3 N–H and O–H groups in total. The fraction of sp³-hybridized carbons (Fsp3) is 0.455. The van der Waals surface area contributed by atoms with Gasteiger partial charge >= 0.3 is 0 Å². The first kappa shape index (κ1) is 14.9. The van der Waals surface area contributed by atoms with Gasteiger partial charge in [0.25, 0.3) is 5.91 Å². The number of aryl methyl sites for hydroxylation is 1. The normalized spacial score (nSPS) is 15.3. The third kappa shape index (κ3) is 3.99. The Morgan fingerprint density at radius 1 is 1.62 bits per heavy atom. The molecule has 1 aliphatic heterocycles. The molecule has 2 rings (SSSR count). The van der Waals surface area contributed by atoms with Crippen molar-refractivity contribution in [3.8, 4) is 0 Å². The lowest BCUT2D eigenvalue weighted by Gasteiger charge is -2.17. The molecule has 0 spiro atoms. The Labute approximate surface area is 120 Å². The number of carbonyl (C=O) groups excluding carboxylic acids is 2. The topological polar surface area (TPSA) is 104 Å². The molecule has 10 heteroatoms. The van der Waals surface area contributed by atoms with E-state index in [1.54, 1.807) is 0 Å². The molecule has 1 atom stereocenters. The van der Waals surface area contributed by atoms with E-state index in [0.717, 1.165) is 0 Å². The van der Waals surface area contributed by atoms with Crippen molar-refractivity contribution >= 4 is 12.2 Å². The Balaban J connectivity index is 1.77. The molecule has 0 bridgehead atoms. The van der Waals surface area contributed by atoms with Gasteiger partial charge in [-0.2, -0.15) is 0 Å². The van der Waals surface area contributed by atoms with Crippen LogP contribution in [-0.4, -0.2) is 52.0 Å². The van der Waals surface area contributed by atoms with Crippen LogP contribution >= 0.6 is 0 Å². The summed E-state index contributed by atoms with van der Waals surface area (Å²) in [5.41, 5.74) is 5.85. The lowest BCUT2D eigenvalue weighted by Crippen LogP contribution is -2.41. The highest BCUT2D eigenvalue weighted by Gasteiger charge is 2.19. The van der Waals surface area contributed by atoms with Gasteiger partial charge < -0.3 is 5.32 Å². The summed E-state index contributed by atoms with van der Waals surface area (Å²) in [5, 5.41) is 11.2. The number of halogens is 1. The van der Waals surface area contributed by atoms with Crippen LogP contribution in [0.25, 0.3) is 0 Å². The SMILES string of the molecule is CNC(=O)C1=CN(CC(F)CCn2cc(C=O)nn2)NN1. The summed E-state index contributed by atoms with van der Waals surface area (Å²) in [6.45, 7) is 0.387.